The van der Waals surface area contributed by atoms with E-state index in [1.54, 1.807) is 0 Å². The molecule has 0 spiro atoms. The number of halogens is 5. The van der Waals surface area contributed by atoms with Crippen LogP contribution in [0.25, 0.3) is 22.4 Å². The van der Waals surface area contributed by atoms with Gasteiger partial charge in [-0.1, -0.05) is 11.6 Å². The number of hydrogen-bond acceptors (Lipinski definition) is 5. The summed E-state index contributed by atoms with van der Waals surface area (Å²) in [7, 11) is 1.09. The molecule has 12 heteroatoms. The van der Waals surface area contributed by atoms with Crippen LogP contribution < -0.4 is 5.56 Å². The molecular formula is C17H8ClF4N3O4. The molecule has 0 radical (unpaired) electrons. The number of aromatic nitrogens is 3. The summed E-state index contributed by atoms with van der Waals surface area (Å²) in [6, 6.07) is 2.21. The number of carbonyl (C=O) groups is 1. The van der Waals surface area contributed by atoms with E-state index in [1.165, 1.54) is 0 Å². The minimum atomic E-state index is -4.85. The Balaban J connectivity index is 2.14. The van der Waals surface area contributed by atoms with Gasteiger partial charge >= 0.3 is 12.1 Å². The maximum Gasteiger partial charge on any atom is 0.432 e. The molecule has 0 saturated carbocycles. The zero-order valence-electron chi connectivity index (χ0n) is 14.3. The highest BCUT2D eigenvalue weighted by Gasteiger charge is 2.35. The lowest BCUT2D eigenvalue weighted by Gasteiger charge is -2.14. The lowest BCUT2D eigenvalue weighted by atomic mass is 10.2. The van der Waals surface area contributed by atoms with Crippen LogP contribution in [-0.4, -0.2) is 27.0 Å². The number of hydrogen-bond donors (Lipinski definition) is 0. The van der Waals surface area contributed by atoms with Gasteiger partial charge in [-0.15, -0.1) is 0 Å². The van der Waals surface area contributed by atoms with Crippen LogP contribution >= 0.6 is 11.6 Å². The third-order valence-corrected chi connectivity index (χ3v) is 4.43. The predicted octanol–water partition coefficient (Wildman–Crippen LogP) is 3.83. The highest BCUT2D eigenvalue weighted by Crippen LogP contribution is 2.35. The summed E-state index contributed by atoms with van der Waals surface area (Å²) in [5, 5.41) is -0.335. The average molecular weight is 430 g/mol. The number of methoxy groups -OCH3 is 1. The van der Waals surface area contributed by atoms with Gasteiger partial charge in [0, 0.05) is 24.5 Å². The van der Waals surface area contributed by atoms with E-state index in [1.807, 2.05) is 0 Å². The molecule has 0 aliphatic rings. The molecular weight excluding hydrogens is 422 g/mol. The fraction of sp³-hybridized carbons (Fsp3) is 0.118. The molecule has 4 rings (SSSR count). The lowest BCUT2D eigenvalue weighted by molar-refractivity contribution is -0.142. The van der Waals surface area contributed by atoms with E-state index < -0.39 is 40.7 Å². The Labute approximate surface area is 162 Å². The Hall–Kier alpha value is -3.34. The maximum atomic E-state index is 14.8. The Morgan fingerprint density at radius 3 is 2.66 bits per heavy atom. The molecule has 0 bridgehead atoms. The quantitative estimate of drug-likeness (QED) is 0.357. The van der Waals surface area contributed by atoms with Gasteiger partial charge in [-0.05, 0) is 6.07 Å². The van der Waals surface area contributed by atoms with Gasteiger partial charge in [0.05, 0.1) is 23.2 Å². The number of fused-ring (bicyclic) bond motifs is 2. The van der Waals surface area contributed by atoms with Crippen molar-refractivity contribution in [2.24, 2.45) is 0 Å². The van der Waals surface area contributed by atoms with E-state index in [2.05, 4.69) is 9.72 Å². The standard InChI is InChI=1S/C17H8ClF4N3O4/c1-28-15(27)10-4-7-13(9(19)5-8(18)14(7)29-10)25-12(26)6-11(17(20,21)22)24-3-2-23-16(24)25/h2-6H,1H3. The summed E-state index contributed by atoms with van der Waals surface area (Å²) < 4.78 is 65.7. The highest BCUT2D eigenvalue weighted by molar-refractivity contribution is 6.35. The van der Waals surface area contributed by atoms with Crippen molar-refractivity contribution >= 4 is 34.3 Å². The minimum absolute atomic E-state index is 0.123. The van der Waals surface area contributed by atoms with E-state index in [0.717, 1.165) is 31.6 Å². The van der Waals surface area contributed by atoms with Crippen LogP contribution in [-0.2, 0) is 10.9 Å². The SMILES string of the molecule is COC(=O)c1cc2c(-n3c(=O)cc(C(F)(F)F)n4ccnc34)c(F)cc(Cl)c2o1. The average Bonchev–Trinajstić information content (AvgIpc) is 3.28. The van der Waals surface area contributed by atoms with Crippen LogP contribution in [0.3, 0.4) is 0 Å². The predicted molar refractivity (Wildman–Crippen MR) is 91.9 cm³/mol. The molecule has 0 aliphatic heterocycles. The highest BCUT2D eigenvalue weighted by atomic mass is 35.5. The topological polar surface area (TPSA) is 78.7 Å². The summed E-state index contributed by atoms with van der Waals surface area (Å²) >= 11 is 5.96. The fourth-order valence-corrected chi connectivity index (χ4v) is 3.21. The Morgan fingerprint density at radius 2 is 2.00 bits per heavy atom. The molecule has 0 N–H and O–H groups in total. The van der Waals surface area contributed by atoms with Crippen LogP contribution in [0.15, 0.2) is 39.8 Å². The van der Waals surface area contributed by atoms with E-state index >= 15 is 0 Å². The Bertz CT molecular complexity index is 1350. The van der Waals surface area contributed by atoms with Gasteiger partial charge in [0.2, 0.25) is 11.5 Å². The lowest BCUT2D eigenvalue weighted by Crippen LogP contribution is -2.26. The number of benzene rings is 1. The molecule has 4 aromatic rings. The molecule has 0 saturated heterocycles. The van der Waals surface area contributed by atoms with E-state index in [4.69, 9.17) is 16.0 Å². The molecule has 0 aliphatic carbocycles. The normalized spacial score (nSPS) is 12.1. The first-order valence-corrected chi connectivity index (χ1v) is 8.18. The van der Waals surface area contributed by atoms with Crippen molar-refractivity contribution in [3.63, 3.8) is 0 Å². The molecule has 3 aromatic heterocycles. The zero-order chi connectivity index (χ0) is 21.1. The first-order chi connectivity index (χ1) is 13.6. The Kier molecular flexibility index (Phi) is 4.15. The van der Waals surface area contributed by atoms with Gasteiger partial charge in [-0.3, -0.25) is 9.20 Å². The molecule has 0 atom stereocenters. The molecule has 0 fully saturated rings. The van der Waals surface area contributed by atoms with Gasteiger partial charge in [0.25, 0.3) is 5.56 Å². The van der Waals surface area contributed by atoms with Crippen molar-refractivity contribution < 1.29 is 31.5 Å². The number of ether oxygens (including phenoxy) is 1. The Morgan fingerprint density at radius 1 is 1.28 bits per heavy atom. The zero-order valence-corrected chi connectivity index (χ0v) is 15.0. The van der Waals surface area contributed by atoms with E-state index in [-0.39, 0.29) is 21.8 Å². The number of rotatable bonds is 2. The number of esters is 1. The second-order valence-electron chi connectivity index (χ2n) is 5.83. The van der Waals surface area contributed by atoms with Crippen molar-refractivity contribution in [3.8, 4) is 5.69 Å². The molecule has 150 valence electrons. The van der Waals surface area contributed by atoms with Crippen LogP contribution in [0, 0.1) is 5.82 Å². The third kappa shape index (κ3) is 2.85. The van der Waals surface area contributed by atoms with Crippen LogP contribution in [0.5, 0.6) is 0 Å². The van der Waals surface area contributed by atoms with Crippen LogP contribution in [0.2, 0.25) is 5.02 Å². The number of furan rings is 1. The molecule has 7 nitrogen and oxygen atoms in total. The van der Waals surface area contributed by atoms with Crippen LogP contribution in [0.1, 0.15) is 16.2 Å². The van der Waals surface area contributed by atoms with Crippen molar-refractivity contribution in [2.75, 3.05) is 7.11 Å². The van der Waals surface area contributed by atoms with E-state index in [9.17, 15) is 27.2 Å². The summed E-state index contributed by atoms with van der Waals surface area (Å²) in [4.78, 5) is 28.1. The second kappa shape index (κ2) is 6.34. The third-order valence-electron chi connectivity index (χ3n) is 4.15. The first-order valence-electron chi connectivity index (χ1n) is 7.80. The number of alkyl halides is 3. The van der Waals surface area contributed by atoms with Gasteiger partial charge in [-0.2, -0.15) is 13.2 Å². The summed E-state index contributed by atoms with van der Waals surface area (Å²) in [6.07, 6.45) is -2.84. The fourth-order valence-electron chi connectivity index (χ4n) is 2.97. The number of carbonyl (C=O) groups excluding carboxylic acids is 1. The van der Waals surface area contributed by atoms with Crippen molar-refractivity contribution in [3.05, 3.63) is 63.2 Å². The van der Waals surface area contributed by atoms with Crippen molar-refractivity contribution in [1.29, 1.82) is 0 Å². The second-order valence-corrected chi connectivity index (χ2v) is 6.24. The van der Waals surface area contributed by atoms with Gasteiger partial charge in [0.15, 0.2) is 5.58 Å². The first kappa shape index (κ1) is 19.0. The van der Waals surface area contributed by atoms with E-state index in [0.29, 0.717) is 15.0 Å². The summed E-state index contributed by atoms with van der Waals surface area (Å²) in [5.74, 6) is -2.76. The number of nitrogens with zero attached hydrogens (tertiary/aromatic N) is 3. The smallest absolute Gasteiger partial charge is 0.432 e. The molecule has 3 heterocycles. The summed E-state index contributed by atoms with van der Waals surface area (Å²) in [6.45, 7) is 0. The monoisotopic (exact) mass is 429 g/mol. The maximum absolute atomic E-state index is 14.8. The molecule has 0 unspecified atom stereocenters. The number of imidazole rings is 1. The van der Waals surface area contributed by atoms with Crippen molar-refractivity contribution in [1.82, 2.24) is 14.0 Å². The molecule has 1 aromatic carbocycles. The summed E-state index contributed by atoms with van der Waals surface area (Å²) in [5.41, 5.74) is -3.10. The largest absolute Gasteiger partial charge is 0.463 e. The van der Waals surface area contributed by atoms with Gasteiger partial charge < -0.3 is 9.15 Å². The van der Waals surface area contributed by atoms with Crippen LogP contribution in [0.4, 0.5) is 17.6 Å². The molecule has 29 heavy (non-hydrogen) atoms. The molecule has 0 amide bonds. The van der Waals surface area contributed by atoms with Gasteiger partial charge in [-0.25, -0.2) is 18.7 Å². The van der Waals surface area contributed by atoms with Gasteiger partial charge in [0.1, 0.15) is 11.5 Å². The minimum Gasteiger partial charge on any atom is -0.463 e. The van der Waals surface area contributed by atoms with Crippen molar-refractivity contribution in [2.45, 2.75) is 6.18 Å².